The molecule has 3 heteroatoms. The van der Waals surface area contributed by atoms with Gasteiger partial charge < -0.3 is 4.74 Å². The first-order valence-electron chi connectivity index (χ1n) is 5.21. The molecule has 0 N–H and O–H groups in total. The Labute approximate surface area is 85.8 Å². The number of ketones is 1. The average Bonchev–Trinajstić information content (AvgIpc) is 2.15. The number of rotatable bonds is 6. The molecular formula is C11H20O3. The molecule has 0 aliphatic carbocycles. The summed E-state index contributed by atoms with van der Waals surface area (Å²) in [6.07, 6.45) is 0.870. The van der Waals surface area contributed by atoms with Gasteiger partial charge in [-0.2, -0.15) is 0 Å². The Kier molecular flexibility index (Phi) is 6.17. The van der Waals surface area contributed by atoms with Crippen molar-refractivity contribution in [2.45, 2.75) is 40.5 Å². The molecule has 2 unspecified atom stereocenters. The molecule has 0 bridgehead atoms. The number of carbonyl (C=O) groups excluding carboxylic acids is 2. The number of Topliss-reactive ketones (excluding diaryl/α,β-unsaturated/α-hetero) is 1. The van der Waals surface area contributed by atoms with Crippen LogP contribution in [0.3, 0.4) is 0 Å². The van der Waals surface area contributed by atoms with Gasteiger partial charge in [0.25, 0.3) is 0 Å². The largest absolute Gasteiger partial charge is 0.466 e. The van der Waals surface area contributed by atoms with Crippen LogP contribution in [-0.4, -0.2) is 18.4 Å². The molecule has 0 radical (unpaired) electrons. The normalized spacial score (nSPS) is 14.6. The summed E-state index contributed by atoms with van der Waals surface area (Å²) in [6, 6.07) is 0. The zero-order valence-corrected chi connectivity index (χ0v) is 9.50. The third kappa shape index (κ3) is 4.40. The molecule has 0 saturated carbocycles. The fourth-order valence-corrected chi connectivity index (χ4v) is 1.19. The molecule has 0 heterocycles. The van der Waals surface area contributed by atoms with Gasteiger partial charge in [0.15, 0.2) is 0 Å². The molecule has 0 saturated heterocycles. The van der Waals surface area contributed by atoms with Crippen molar-refractivity contribution in [3.05, 3.63) is 0 Å². The number of hydrogen-bond acceptors (Lipinski definition) is 3. The lowest BCUT2D eigenvalue weighted by Gasteiger charge is -2.16. The highest BCUT2D eigenvalue weighted by atomic mass is 16.5. The van der Waals surface area contributed by atoms with Gasteiger partial charge in [-0.3, -0.25) is 9.59 Å². The van der Waals surface area contributed by atoms with Crippen LogP contribution in [0.25, 0.3) is 0 Å². The van der Waals surface area contributed by atoms with Gasteiger partial charge >= 0.3 is 5.97 Å². The molecule has 2 atom stereocenters. The Morgan fingerprint density at radius 2 is 1.79 bits per heavy atom. The molecule has 0 fully saturated rings. The Hall–Kier alpha value is -0.860. The van der Waals surface area contributed by atoms with Crippen LogP contribution >= 0.6 is 0 Å². The molecule has 0 spiro atoms. The zero-order valence-electron chi connectivity index (χ0n) is 9.50. The minimum Gasteiger partial charge on any atom is -0.466 e. The fourth-order valence-electron chi connectivity index (χ4n) is 1.19. The van der Waals surface area contributed by atoms with Crippen molar-refractivity contribution in [2.24, 2.45) is 11.8 Å². The summed E-state index contributed by atoms with van der Waals surface area (Å²) in [5.74, 6) is -0.146. The number of ether oxygens (including phenoxy) is 1. The quantitative estimate of drug-likeness (QED) is 0.487. The Bertz CT molecular complexity index is 199. The van der Waals surface area contributed by atoms with E-state index in [1.807, 2.05) is 20.8 Å². The Morgan fingerprint density at radius 3 is 2.21 bits per heavy atom. The van der Waals surface area contributed by atoms with Gasteiger partial charge in [-0.15, -0.1) is 0 Å². The van der Waals surface area contributed by atoms with Gasteiger partial charge in [0, 0.05) is 5.92 Å². The van der Waals surface area contributed by atoms with Crippen molar-refractivity contribution < 1.29 is 14.3 Å². The molecule has 82 valence electrons. The van der Waals surface area contributed by atoms with E-state index in [0.29, 0.717) is 12.5 Å². The van der Waals surface area contributed by atoms with E-state index in [1.165, 1.54) is 0 Å². The molecule has 0 rings (SSSR count). The Morgan fingerprint density at radius 1 is 1.21 bits per heavy atom. The number of carbonyl (C=O) groups is 2. The van der Waals surface area contributed by atoms with Crippen LogP contribution in [-0.2, 0) is 14.3 Å². The smallest absolute Gasteiger partial charge is 0.313 e. The van der Waals surface area contributed by atoms with E-state index < -0.39 is 5.97 Å². The zero-order chi connectivity index (χ0) is 11.1. The minimum atomic E-state index is -0.410. The van der Waals surface area contributed by atoms with Crippen molar-refractivity contribution in [3.63, 3.8) is 0 Å². The van der Waals surface area contributed by atoms with Gasteiger partial charge in [-0.25, -0.2) is 0 Å². The summed E-state index contributed by atoms with van der Waals surface area (Å²) in [5, 5.41) is 0. The highest BCUT2D eigenvalue weighted by Crippen LogP contribution is 2.16. The van der Waals surface area contributed by atoms with E-state index in [2.05, 4.69) is 0 Å². The molecule has 14 heavy (non-hydrogen) atoms. The van der Waals surface area contributed by atoms with Crippen molar-refractivity contribution in [3.8, 4) is 0 Å². The van der Waals surface area contributed by atoms with E-state index in [-0.39, 0.29) is 18.1 Å². The summed E-state index contributed by atoms with van der Waals surface area (Å²) in [5.41, 5.74) is 0. The molecule has 0 aromatic rings. The van der Waals surface area contributed by atoms with Gasteiger partial charge in [-0.1, -0.05) is 27.2 Å². The van der Waals surface area contributed by atoms with E-state index in [1.54, 1.807) is 6.92 Å². The lowest BCUT2D eigenvalue weighted by atomic mass is 9.89. The predicted octanol–water partition coefficient (Wildman–Crippen LogP) is 2.19. The molecule has 0 aromatic heterocycles. The molecule has 0 amide bonds. The van der Waals surface area contributed by atoms with Crippen molar-refractivity contribution >= 4 is 11.8 Å². The SMILES string of the molecule is CCOC(=O)CC(=O)C(C)C(C)CC. The molecule has 0 aliphatic heterocycles. The summed E-state index contributed by atoms with van der Waals surface area (Å²) in [6.45, 7) is 8.01. The van der Waals surface area contributed by atoms with Crippen LogP contribution in [0.5, 0.6) is 0 Å². The molecule has 0 aliphatic rings. The molecule has 3 nitrogen and oxygen atoms in total. The third-order valence-electron chi connectivity index (χ3n) is 2.63. The summed E-state index contributed by atoms with van der Waals surface area (Å²) < 4.78 is 4.72. The van der Waals surface area contributed by atoms with Crippen LogP contribution < -0.4 is 0 Å². The van der Waals surface area contributed by atoms with Crippen molar-refractivity contribution in [1.82, 2.24) is 0 Å². The first-order valence-corrected chi connectivity index (χ1v) is 5.21. The molecule has 0 aromatic carbocycles. The van der Waals surface area contributed by atoms with Gasteiger partial charge in [0.2, 0.25) is 0 Å². The van der Waals surface area contributed by atoms with Gasteiger partial charge in [0.05, 0.1) is 6.61 Å². The standard InChI is InChI=1S/C11H20O3/c1-5-8(3)9(4)10(12)7-11(13)14-6-2/h8-9H,5-7H2,1-4H3. The van der Waals surface area contributed by atoms with Crippen LogP contribution in [0.15, 0.2) is 0 Å². The third-order valence-corrected chi connectivity index (χ3v) is 2.63. The second-order valence-electron chi connectivity index (χ2n) is 3.62. The fraction of sp³-hybridized carbons (Fsp3) is 0.818. The second-order valence-corrected chi connectivity index (χ2v) is 3.62. The lowest BCUT2D eigenvalue weighted by molar-refractivity contribution is -0.146. The maximum Gasteiger partial charge on any atom is 0.313 e. The highest BCUT2D eigenvalue weighted by Gasteiger charge is 2.21. The van der Waals surface area contributed by atoms with Crippen molar-refractivity contribution in [2.75, 3.05) is 6.61 Å². The monoisotopic (exact) mass is 200 g/mol. The van der Waals surface area contributed by atoms with Crippen LogP contribution in [0.1, 0.15) is 40.5 Å². The van der Waals surface area contributed by atoms with Crippen LogP contribution in [0.2, 0.25) is 0 Å². The number of esters is 1. The molecular weight excluding hydrogens is 180 g/mol. The summed E-state index contributed by atoms with van der Waals surface area (Å²) in [4.78, 5) is 22.6. The van der Waals surface area contributed by atoms with Crippen LogP contribution in [0.4, 0.5) is 0 Å². The minimum absolute atomic E-state index is 0.0159. The highest BCUT2D eigenvalue weighted by molar-refractivity contribution is 5.96. The van der Waals surface area contributed by atoms with E-state index >= 15 is 0 Å². The van der Waals surface area contributed by atoms with E-state index in [0.717, 1.165) is 6.42 Å². The topological polar surface area (TPSA) is 43.4 Å². The summed E-state index contributed by atoms with van der Waals surface area (Å²) >= 11 is 0. The maximum atomic E-state index is 11.5. The first-order chi connectivity index (χ1) is 6.52. The summed E-state index contributed by atoms with van der Waals surface area (Å²) in [7, 11) is 0. The maximum absolute atomic E-state index is 11.5. The number of hydrogen-bond donors (Lipinski definition) is 0. The Balaban J connectivity index is 4.01. The van der Waals surface area contributed by atoms with Crippen LogP contribution in [0, 0.1) is 11.8 Å². The first kappa shape index (κ1) is 13.1. The lowest BCUT2D eigenvalue weighted by Crippen LogP contribution is -2.22. The predicted molar refractivity (Wildman–Crippen MR) is 54.9 cm³/mol. The second kappa shape index (κ2) is 6.57. The average molecular weight is 200 g/mol. The van der Waals surface area contributed by atoms with Crippen molar-refractivity contribution in [1.29, 1.82) is 0 Å². The van der Waals surface area contributed by atoms with E-state index in [4.69, 9.17) is 4.74 Å². The van der Waals surface area contributed by atoms with E-state index in [9.17, 15) is 9.59 Å². The van der Waals surface area contributed by atoms with Gasteiger partial charge in [0.1, 0.15) is 12.2 Å². The van der Waals surface area contributed by atoms with Gasteiger partial charge in [-0.05, 0) is 12.8 Å².